The Balaban J connectivity index is 1.95. The van der Waals surface area contributed by atoms with E-state index in [1.165, 1.54) is 27.8 Å². The maximum atomic E-state index is 4.27. The van der Waals surface area contributed by atoms with E-state index < -0.39 is 0 Å². The van der Waals surface area contributed by atoms with Gasteiger partial charge < -0.3 is 0 Å². The van der Waals surface area contributed by atoms with Crippen LogP contribution in [0.15, 0.2) is 122 Å². The van der Waals surface area contributed by atoms with E-state index in [0.29, 0.717) is 0 Å². The fourth-order valence-electron chi connectivity index (χ4n) is 3.58. The molecule has 0 unspecified atom stereocenters. The smallest absolute Gasteiger partial charge is 0.0106 e. The van der Waals surface area contributed by atoms with Gasteiger partial charge in [-0.15, -0.1) is 0 Å². The molecule has 3 aromatic carbocycles. The number of hydrogen-bond acceptors (Lipinski definition) is 0. The van der Waals surface area contributed by atoms with Crippen LogP contribution < -0.4 is 0 Å². The van der Waals surface area contributed by atoms with E-state index in [4.69, 9.17) is 0 Å². The molecule has 0 aliphatic rings. The lowest BCUT2D eigenvalue weighted by atomic mass is 9.91. The summed E-state index contributed by atoms with van der Waals surface area (Å²) in [5.74, 6) is 0. The number of rotatable bonds is 8. The number of allylic oxidation sites excluding steroid dienone is 8. The summed E-state index contributed by atoms with van der Waals surface area (Å²) in [4.78, 5) is 0. The van der Waals surface area contributed by atoms with Crippen molar-refractivity contribution >= 4 is 11.1 Å². The fourth-order valence-corrected chi connectivity index (χ4v) is 3.58. The summed E-state index contributed by atoms with van der Waals surface area (Å²) in [6, 6.07) is 25.7. The highest BCUT2D eigenvalue weighted by molar-refractivity contribution is 5.87. The van der Waals surface area contributed by atoms with E-state index in [2.05, 4.69) is 111 Å². The van der Waals surface area contributed by atoms with Crippen molar-refractivity contribution in [2.75, 3.05) is 0 Å². The maximum Gasteiger partial charge on any atom is -0.0106 e. The van der Waals surface area contributed by atoms with Crippen LogP contribution in [-0.2, 0) is 0 Å². The van der Waals surface area contributed by atoms with Gasteiger partial charge in [0.25, 0.3) is 0 Å². The van der Waals surface area contributed by atoms with Crippen LogP contribution in [0.4, 0.5) is 0 Å². The zero-order chi connectivity index (χ0) is 22.1. The van der Waals surface area contributed by atoms with Gasteiger partial charge in [-0.25, -0.2) is 0 Å². The summed E-state index contributed by atoms with van der Waals surface area (Å²) in [5, 5.41) is 0. The fraction of sp³-hybridized carbons (Fsp3) is 0.0968. The van der Waals surface area contributed by atoms with Crippen molar-refractivity contribution in [1.82, 2.24) is 0 Å². The van der Waals surface area contributed by atoms with Crippen molar-refractivity contribution in [2.24, 2.45) is 0 Å². The highest BCUT2D eigenvalue weighted by atomic mass is 14.1. The van der Waals surface area contributed by atoms with Crippen LogP contribution in [0.1, 0.15) is 31.4 Å². The van der Waals surface area contributed by atoms with Gasteiger partial charge in [0.2, 0.25) is 0 Å². The Labute approximate surface area is 187 Å². The molecule has 0 aliphatic heterocycles. The average Bonchev–Trinajstić information content (AvgIpc) is 2.82. The molecule has 0 nitrogen and oxygen atoms in total. The van der Waals surface area contributed by atoms with Crippen LogP contribution in [0, 0.1) is 0 Å². The Hall–Kier alpha value is -3.64. The zero-order valence-corrected chi connectivity index (χ0v) is 18.5. The van der Waals surface area contributed by atoms with Crippen molar-refractivity contribution in [3.05, 3.63) is 134 Å². The minimum absolute atomic E-state index is 1.00. The number of benzene rings is 3. The SMILES string of the molecule is C=C(/C=C\C=C/C)c1ccccc1-c1ccc(-c2ccccc2C(=C)/C=C\CC)cc1. The third kappa shape index (κ3) is 5.49. The van der Waals surface area contributed by atoms with Gasteiger partial charge in [0.1, 0.15) is 0 Å². The molecular weight excluding hydrogens is 372 g/mol. The Morgan fingerprint density at radius 3 is 1.65 bits per heavy atom. The predicted octanol–water partition coefficient (Wildman–Crippen LogP) is 9.15. The Morgan fingerprint density at radius 1 is 0.677 bits per heavy atom. The van der Waals surface area contributed by atoms with Gasteiger partial charge in [0.15, 0.2) is 0 Å². The first-order chi connectivity index (χ1) is 15.2. The first kappa shape index (κ1) is 22.1. The topological polar surface area (TPSA) is 0 Å². The van der Waals surface area contributed by atoms with Crippen LogP contribution in [0.3, 0.4) is 0 Å². The van der Waals surface area contributed by atoms with E-state index >= 15 is 0 Å². The molecule has 0 heteroatoms. The Morgan fingerprint density at radius 2 is 1.16 bits per heavy atom. The third-order valence-electron chi connectivity index (χ3n) is 5.21. The maximum absolute atomic E-state index is 4.27. The summed E-state index contributed by atoms with van der Waals surface area (Å²) in [7, 11) is 0. The molecule has 3 rings (SSSR count). The lowest BCUT2D eigenvalue weighted by Crippen LogP contribution is -1.89. The monoisotopic (exact) mass is 402 g/mol. The molecular formula is C31H30. The predicted molar refractivity (Wildman–Crippen MR) is 139 cm³/mol. The molecule has 154 valence electrons. The third-order valence-corrected chi connectivity index (χ3v) is 5.21. The second-order valence-corrected chi connectivity index (χ2v) is 7.41. The van der Waals surface area contributed by atoms with E-state index in [9.17, 15) is 0 Å². The van der Waals surface area contributed by atoms with Gasteiger partial charge in [-0.1, -0.05) is 129 Å². The van der Waals surface area contributed by atoms with Crippen LogP contribution in [0.2, 0.25) is 0 Å². The first-order valence-corrected chi connectivity index (χ1v) is 10.8. The van der Waals surface area contributed by atoms with Crippen LogP contribution in [0.5, 0.6) is 0 Å². The quantitative estimate of drug-likeness (QED) is 0.329. The lowest BCUT2D eigenvalue weighted by molar-refractivity contribution is 1.23. The van der Waals surface area contributed by atoms with Crippen LogP contribution >= 0.6 is 0 Å². The molecule has 0 atom stereocenters. The van der Waals surface area contributed by atoms with Gasteiger partial charge >= 0.3 is 0 Å². The van der Waals surface area contributed by atoms with Gasteiger partial charge in [-0.3, -0.25) is 0 Å². The highest BCUT2D eigenvalue weighted by Crippen LogP contribution is 2.33. The molecule has 0 aliphatic carbocycles. The van der Waals surface area contributed by atoms with E-state index in [1.807, 2.05) is 25.2 Å². The average molecular weight is 403 g/mol. The molecule has 3 aromatic rings. The summed E-state index contributed by atoms with van der Waals surface area (Å²) in [5.41, 5.74) is 9.12. The normalized spacial score (nSPS) is 11.5. The Kier molecular flexibility index (Phi) is 7.79. The lowest BCUT2D eigenvalue weighted by Gasteiger charge is -2.13. The minimum Gasteiger partial charge on any atom is -0.0911 e. The molecule has 31 heavy (non-hydrogen) atoms. The standard InChI is InChI=1S/C31H30/c1-5-7-9-15-25(4)29-17-11-13-19-31(29)27-22-20-26(21-23-27)30-18-12-10-16-28(30)24(3)14-8-6-2/h5,7-23H,3-4,6H2,1-2H3/b7-5-,14-8-,15-9-. The molecule has 0 spiro atoms. The van der Waals surface area contributed by atoms with Crippen molar-refractivity contribution in [1.29, 1.82) is 0 Å². The van der Waals surface area contributed by atoms with Crippen LogP contribution in [0.25, 0.3) is 33.4 Å². The molecule has 0 saturated heterocycles. The summed E-state index contributed by atoms with van der Waals surface area (Å²) >= 11 is 0. The van der Waals surface area contributed by atoms with E-state index in [0.717, 1.165) is 23.1 Å². The molecule has 0 radical (unpaired) electrons. The summed E-state index contributed by atoms with van der Waals surface area (Å²) in [6.07, 6.45) is 13.4. The molecule has 0 saturated carbocycles. The molecule has 0 aromatic heterocycles. The molecule has 0 bridgehead atoms. The van der Waals surface area contributed by atoms with E-state index in [1.54, 1.807) is 0 Å². The van der Waals surface area contributed by atoms with Crippen molar-refractivity contribution in [2.45, 2.75) is 20.3 Å². The van der Waals surface area contributed by atoms with Gasteiger partial charge in [-0.2, -0.15) is 0 Å². The minimum atomic E-state index is 1.00. The van der Waals surface area contributed by atoms with Crippen molar-refractivity contribution in [3.63, 3.8) is 0 Å². The van der Waals surface area contributed by atoms with Gasteiger partial charge in [-0.05, 0) is 57.9 Å². The summed E-state index contributed by atoms with van der Waals surface area (Å²) < 4.78 is 0. The molecule has 0 amide bonds. The van der Waals surface area contributed by atoms with Gasteiger partial charge in [0, 0.05) is 0 Å². The zero-order valence-electron chi connectivity index (χ0n) is 18.5. The first-order valence-electron chi connectivity index (χ1n) is 10.8. The van der Waals surface area contributed by atoms with Crippen molar-refractivity contribution < 1.29 is 0 Å². The Bertz CT molecular complexity index is 1130. The second kappa shape index (κ2) is 10.9. The molecule has 0 N–H and O–H groups in total. The molecule has 0 heterocycles. The van der Waals surface area contributed by atoms with Gasteiger partial charge in [0.05, 0.1) is 0 Å². The van der Waals surface area contributed by atoms with Crippen molar-refractivity contribution in [3.8, 4) is 22.3 Å². The number of hydrogen-bond donors (Lipinski definition) is 0. The molecule has 0 fully saturated rings. The summed E-state index contributed by atoms with van der Waals surface area (Å²) in [6.45, 7) is 12.7. The largest absolute Gasteiger partial charge is 0.0911 e. The highest BCUT2D eigenvalue weighted by Gasteiger charge is 2.09. The van der Waals surface area contributed by atoms with E-state index in [-0.39, 0.29) is 0 Å². The van der Waals surface area contributed by atoms with Crippen LogP contribution in [-0.4, -0.2) is 0 Å². The second-order valence-electron chi connectivity index (χ2n) is 7.41.